The smallest absolute Gasteiger partial charge is 0.0398 e. The monoisotopic (exact) mass is 186 g/mol. The first-order chi connectivity index (χ1) is 5.39. The van der Waals surface area contributed by atoms with Gasteiger partial charge in [-0.2, -0.15) is 13.5 Å². The minimum atomic E-state index is 0. The van der Waals surface area contributed by atoms with E-state index in [1.54, 1.807) is 0 Å². The molecule has 1 aromatic rings. The highest BCUT2D eigenvalue weighted by Gasteiger charge is 1.72. The lowest BCUT2D eigenvalue weighted by Crippen LogP contribution is -1.62. The second-order valence-corrected chi connectivity index (χ2v) is 1.65. The molecule has 0 aliphatic rings. The lowest BCUT2D eigenvalue weighted by Gasteiger charge is -1.82. The van der Waals surface area contributed by atoms with Crippen LogP contribution in [0.2, 0.25) is 0 Å². The standard InChI is InChI=1S/C7H8.2C2H6.H2S/c1-7-5-3-2-4-6-7;2*1-2;/h2-6H,1H3;2*1-2H3;1H2. The number of aryl methyl sites for hydroxylation is 1. The van der Waals surface area contributed by atoms with Crippen molar-refractivity contribution < 1.29 is 0 Å². The summed E-state index contributed by atoms with van der Waals surface area (Å²) in [5.41, 5.74) is 1.32. The number of hydrogen-bond acceptors (Lipinski definition) is 0. The summed E-state index contributed by atoms with van der Waals surface area (Å²) in [6.07, 6.45) is 0. The Balaban J connectivity index is -0.000000144. The first-order valence-corrected chi connectivity index (χ1v) is 4.41. The third kappa shape index (κ3) is 12.3. The van der Waals surface area contributed by atoms with E-state index in [9.17, 15) is 0 Å². The molecule has 72 valence electrons. The molecule has 0 radical (unpaired) electrons. The minimum absolute atomic E-state index is 0. The predicted octanol–water partition coefficient (Wildman–Crippen LogP) is 4.16. The largest absolute Gasteiger partial charge is 0.197 e. The third-order valence-corrected chi connectivity index (χ3v) is 0.940. The van der Waals surface area contributed by atoms with Crippen molar-refractivity contribution in [1.82, 2.24) is 0 Å². The molecule has 0 spiro atoms. The predicted molar refractivity (Wildman–Crippen MR) is 64.3 cm³/mol. The summed E-state index contributed by atoms with van der Waals surface area (Å²) >= 11 is 0. The van der Waals surface area contributed by atoms with Crippen molar-refractivity contribution in [2.24, 2.45) is 0 Å². The second-order valence-electron chi connectivity index (χ2n) is 1.65. The highest BCUT2D eigenvalue weighted by molar-refractivity contribution is 7.59. The Hall–Kier alpha value is -0.430. The van der Waals surface area contributed by atoms with E-state index in [2.05, 4.69) is 19.1 Å². The fourth-order valence-electron chi connectivity index (χ4n) is 0.534. The molecule has 0 amide bonds. The van der Waals surface area contributed by atoms with E-state index >= 15 is 0 Å². The van der Waals surface area contributed by atoms with Crippen molar-refractivity contribution in [2.75, 3.05) is 0 Å². The van der Waals surface area contributed by atoms with Gasteiger partial charge in [-0.25, -0.2) is 0 Å². The normalized spacial score (nSPS) is 6.08. The highest BCUT2D eigenvalue weighted by Crippen LogP contribution is 1.92. The van der Waals surface area contributed by atoms with Gasteiger partial charge in [0.25, 0.3) is 0 Å². The van der Waals surface area contributed by atoms with Gasteiger partial charge in [-0.3, -0.25) is 0 Å². The molecular weight excluding hydrogens is 164 g/mol. The average molecular weight is 186 g/mol. The van der Waals surface area contributed by atoms with Gasteiger partial charge in [-0.05, 0) is 6.92 Å². The molecule has 1 aromatic carbocycles. The molecule has 0 saturated heterocycles. The molecule has 1 heteroatoms. The molecule has 0 fully saturated rings. The SMILES string of the molecule is CC.CC.Cc1ccccc1.S. The van der Waals surface area contributed by atoms with Crippen LogP contribution >= 0.6 is 13.5 Å². The fourth-order valence-corrected chi connectivity index (χ4v) is 0.534. The maximum Gasteiger partial charge on any atom is -0.0398 e. The fraction of sp³-hybridized carbons (Fsp3) is 0.455. The zero-order valence-corrected chi connectivity index (χ0v) is 9.89. The Morgan fingerprint density at radius 3 is 1.25 bits per heavy atom. The van der Waals surface area contributed by atoms with E-state index in [4.69, 9.17) is 0 Å². The van der Waals surface area contributed by atoms with Crippen LogP contribution in [-0.2, 0) is 0 Å². The van der Waals surface area contributed by atoms with E-state index < -0.39 is 0 Å². The molecule has 0 aromatic heterocycles. The zero-order valence-electron chi connectivity index (χ0n) is 8.89. The first kappa shape index (κ1) is 17.6. The average Bonchev–Trinajstić information content (AvgIpc) is 2.13. The molecule has 0 nitrogen and oxygen atoms in total. The third-order valence-electron chi connectivity index (χ3n) is 0.940. The van der Waals surface area contributed by atoms with Crippen LogP contribution < -0.4 is 0 Å². The lowest BCUT2D eigenvalue weighted by molar-refractivity contribution is 1.48. The molecule has 0 bridgehead atoms. The minimum Gasteiger partial charge on any atom is -0.197 e. The molecule has 12 heavy (non-hydrogen) atoms. The highest BCUT2D eigenvalue weighted by atomic mass is 32.1. The van der Waals surface area contributed by atoms with Gasteiger partial charge >= 0.3 is 0 Å². The van der Waals surface area contributed by atoms with Crippen molar-refractivity contribution in [1.29, 1.82) is 0 Å². The van der Waals surface area contributed by atoms with Crippen molar-refractivity contribution in [3.05, 3.63) is 35.9 Å². The maximum absolute atomic E-state index is 2.08. The van der Waals surface area contributed by atoms with Crippen LogP contribution in [-0.4, -0.2) is 0 Å². The van der Waals surface area contributed by atoms with Crippen LogP contribution in [0.1, 0.15) is 33.3 Å². The summed E-state index contributed by atoms with van der Waals surface area (Å²) in [5, 5.41) is 0. The van der Waals surface area contributed by atoms with E-state index in [0.29, 0.717) is 0 Å². The van der Waals surface area contributed by atoms with E-state index in [-0.39, 0.29) is 13.5 Å². The quantitative estimate of drug-likeness (QED) is 0.571. The van der Waals surface area contributed by atoms with Gasteiger partial charge in [0, 0.05) is 0 Å². The van der Waals surface area contributed by atoms with Gasteiger partial charge in [0.15, 0.2) is 0 Å². The van der Waals surface area contributed by atoms with Gasteiger partial charge in [0.05, 0.1) is 0 Å². The van der Waals surface area contributed by atoms with Gasteiger partial charge < -0.3 is 0 Å². The number of rotatable bonds is 0. The van der Waals surface area contributed by atoms with Gasteiger partial charge in [-0.1, -0.05) is 63.6 Å². The van der Waals surface area contributed by atoms with Crippen molar-refractivity contribution in [3.63, 3.8) is 0 Å². The first-order valence-electron chi connectivity index (χ1n) is 4.41. The van der Waals surface area contributed by atoms with Crippen LogP contribution in [0.25, 0.3) is 0 Å². The van der Waals surface area contributed by atoms with Crippen LogP contribution in [0.5, 0.6) is 0 Å². The van der Waals surface area contributed by atoms with E-state index in [0.717, 1.165) is 0 Å². The molecule has 0 saturated carbocycles. The Labute approximate surface area is 84.5 Å². The Kier molecular flexibility index (Phi) is 24.8. The summed E-state index contributed by atoms with van der Waals surface area (Å²) < 4.78 is 0. The molecule has 0 atom stereocenters. The van der Waals surface area contributed by atoms with Gasteiger partial charge in [-0.15, -0.1) is 0 Å². The summed E-state index contributed by atoms with van der Waals surface area (Å²) in [7, 11) is 0. The van der Waals surface area contributed by atoms with E-state index in [1.807, 2.05) is 45.9 Å². The summed E-state index contributed by atoms with van der Waals surface area (Å²) in [5.74, 6) is 0. The summed E-state index contributed by atoms with van der Waals surface area (Å²) in [6, 6.07) is 10.3. The molecule has 0 heterocycles. The van der Waals surface area contributed by atoms with Crippen LogP contribution in [0.15, 0.2) is 30.3 Å². The van der Waals surface area contributed by atoms with Crippen molar-refractivity contribution in [3.8, 4) is 0 Å². The van der Waals surface area contributed by atoms with Crippen LogP contribution in [0, 0.1) is 6.92 Å². The molecule has 0 N–H and O–H groups in total. The molecule has 0 aliphatic carbocycles. The van der Waals surface area contributed by atoms with Crippen molar-refractivity contribution in [2.45, 2.75) is 34.6 Å². The topological polar surface area (TPSA) is 0 Å². The van der Waals surface area contributed by atoms with Crippen LogP contribution in [0.4, 0.5) is 0 Å². The van der Waals surface area contributed by atoms with Gasteiger partial charge in [0.1, 0.15) is 0 Å². The summed E-state index contributed by atoms with van der Waals surface area (Å²) in [4.78, 5) is 0. The van der Waals surface area contributed by atoms with Gasteiger partial charge in [0.2, 0.25) is 0 Å². The Bertz CT molecular complexity index is 135. The zero-order chi connectivity index (χ0) is 9.11. The Morgan fingerprint density at radius 2 is 1.08 bits per heavy atom. The maximum atomic E-state index is 2.08. The van der Waals surface area contributed by atoms with E-state index in [1.165, 1.54) is 5.56 Å². The molecule has 1 rings (SSSR count). The summed E-state index contributed by atoms with van der Waals surface area (Å²) in [6.45, 7) is 10.1. The number of benzene rings is 1. The molecule has 0 unspecified atom stereocenters. The number of hydrogen-bond donors (Lipinski definition) is 0. The molecular formula is C11H22S. The second kappa shape index (κ2) is 16.9. The van der Waals surface area contributed by atoms with Crippen LogP contribution in [0.3, 0.4) is 0 Å². The lowest BCUT2D eigenvalue weighted by atomic mass is 10.2. The molecule has 0 aliphatic heterocycles. The Morgan fingerprint density at radius 1 is 0.750 bits per heavy atom. The van der Waals surface area contributed by atoms with Crippen molar-refractivity contribution >= 4 is 13.5 Å².